The van der Waals surface area contributed by atoms with Crippen molar-refractivity contribution in [1.29, 1.82) is 0 Å². The summed E-state index contributed by atoms with van der Waals surface area (Å²) < 4.78 is 44.1. The van der Waals surface area contributed by atoms with Crippen LogP contribution in [0.1, 0.15) is 16.7 Å². The highest BCUT2D eigenvalue weighted by Gasteiger charge is 2.30. The van der Waals surface area contributed by atoms with Crippen molar-refractivity contribution in [3.8, 4) is 5.75 Å². The van der Waals surface area contributed by atoms with Crippen LogP contribution in [0, 0.1) is 0 Å². The number of fused-ring (bicyclic) bond motifs is 1. The number of carbonyl (C=O) groups excluding carboxylic acids is 2. The Labute approximate surface area is 185 Å². The van der Waals surface area contributed by atoms with E-state index >= 15 is 0 Å². The standard InChI is InChI=1S/C21H15F3N2O3S2/c22-21(23,24)14-4-1-12(2-5-14)7-8-26-15-9-13(3-6-16(15)29-11-18(26)27)10-17-19(28)25-20(30)31-17/h1-6,9-10H,7-8,11H2,(H,25,28,30)/b17-10-. The molecular formula is C21H15F3N2O3S2. The minimum Gasteiger partial charge on any atom is -0.482 e. The molecule has 0 aromatic heterocycles. The van der Waals surface area contributed by atoms with Gasteiger partial charge >= 0.3 is 6.18 Å². The van der Waals surface area contributed by atoms with Crippen LogP contribution in [0.3, 0.4) is 0 Å². The number of hydrogen-bond donors (Lipinski definition) is 1. The Bertz CT molecular complexity index is 1100. The van der Waals surface area contributed by atoms with Gasteiger partial charge in [0.1, 0.15) is 10.1 Å². The molecule has 2 aromatic rings. The van der Waals surface area contributed by atoms with Crippen LogP contribution in [0.15, 0.2) is 47.4 Å². The smallest absolute Gasteiger partial charge is 0.416 e. The molecule has 5 nitrogen and oxygen atoms in total. The number of hydrogen-bond acceptors (Lipinski definition) is 5. The van der Waals surface area contributed by atoms with Crippen LogP contribution in [-0.4, -0.2) is 29.3 Å². The first-order valence-corrected chi connectivity index (χ1v) is 10.4. The summed E-state index contributed by atoms with van der Waals surface area (Å²) in [7, 11) is 0. The Hall–Kier alpha value is -2.85. The molecular weight excluding hydrogens is 449 g/mol. The van der Waals surface area contributed by atoms with Crippen molar-refractivity contribution in [2.24, 2.45) is 0 Å². The zero-order chi connectivity index (χ0) is 22.2. The maximum atomic E-state index is 12.7. The van der Waals surface area contributed by atoms with Crippen molar-refractivity contribution in [1.82, 2.24) is 5.32 Å². The van der Waals surface area contributed by atoms with Crippen molar-refractivity contribution in [3.05, 3.63) is 64.1 Å². The van der Waals surface area contributed by atoms with Gasteiger partial charge in [-0.3, -0.25) is 9.59 Å². The third kappa shape index (κ3) is 4.75. The highest BCUT2D eigenvalue weighted by atomic mass is 32.2. The first kappa shape index (κ1) is 21.4. The molecule has 2 aliphatic heterocycles. The fourth-order valence-corrected chi connectivity index (χ4v) is 4.27. The number of benzene rings is 2. The average molecular weight is 464 g/mol. The first-order chi connectivity index (χ1) is 14.7. The summed E-state index contributed by atoms with van der Waals surface area (Å²) in [5, 5.41) is 2.54. The zero-order valence-corrected chi connectivity index (χ0v) is 17.5. The Morgan fingerprint density at radius 3 is 2.55 bits per heavy atom. The van der Waals surface area contributed by atoms with Crippen molar-refractivity contribution in [3.63, 3.8) is 0 Å². The second-order valence-electron chi connectivity index (χ2n) is 6.86. The number of anilines is 1. The average Bonchev–Trinajstić information content (AvgIpc) is 3.03. The minimum absolute atomic E-state index is 0.118. The summed E-state index contributed by atoms with van der Waals surface area (Å²) in [4.78, 5) is 26.4. The molecule has 1 N–H and O–H groups in total. The normalized spacial score (nSPS) is 17.6. The molecule has 2 heterocycles. The van der Waals surface area contributed by atoms with Gasteiger partial charge in [0.2, 0.25) is 0 Å². The van der Waals surface area contributed by atoms with Gasteiger partial charge in [0, 0.05) is 6.54 Å². The molecule has 0 spiro atoms. The van der Waals surface area contributed by atoms with Crippen LogP contribution in [0.2, 0.25) is 0 Å². The maximum Gasteiger partial charge on any atom is 0.416 e. The Kier molecular flexibility index (Phi) is 5.76. The molecule has 1 saturated heterocycles. The number of alkyl halides is 3. The van der Waals surface area contributed by atoms with Crippen molar-refractivity contribution in [2.45, 2.75) is 12.6 Å². The third-order valence-electron chi connectivity index (χ3n) is 4.77. The molecule has 2 aliphatic rings. The SMILES string of the molecule is O=C1NC(=S)S/C1=C\c1ccc2c(c1)N(CCc1ccc(C(F)(F)F)cc1)C(=O)CO2. The topological polar surface area (TPSA) is 58.6 Å². The number of halogens is 3. The third-order valence-corrected chi connectivity index (χ3v) is 5.93. The second kappa shape index (κ2) is 8.35. The van der Waals surface area contributed by atoms with Crippen LogP contribution in [0.5, 0.6) is 5.75 Å². The quantitative estimate of drug-likeness (QED) is 0.544. The zero-order valence-electron chi connectivity index (χ0n) is 15.9. The van der Waals surface area contributed by atoms with Crippen LogP contribution in [0.25, 0.3) is 6.08 Å². The van der Waals surface area contributed by atoms with Gasteiger partial charge in [0.05, 0.1) is 16.2 Å². The number of rotatable bonds is 4. The van der Waals surface area contributed by atoms with Crippen LogP contribution >= 0.6 is 24.0 Å². The lowest BCUT2D eigenvalue weighted by molar-refractivity contribution is -0.137. The summed E-state index contributed by atoms with van der Waals surface area (Å²) in [5.41, 5.74) is 1.21. The van der Waals surface area contributed by atoms with E-state index in [-0.39, 0.29) is 25.0 Å². The molecule has 4 rings (SSSR count). The lowest BCUT2D eigenvalue weighted by Crippen LogP contribution is -2.40. The second-order valence-corrected chi connectivity index (χ2v) is 8.58. The molecule has 0 bridgehead atoms. The number of thioether (sulfide) groups is 1. The highest BCUT2D eigenvalue weighted by Crippen LogP contribution is 2.35. The van der Waals surface area contributed by atoms with Gasteiger partial charge in [0.25, 0.3) is 11.8 Å². The van der Waals surface area contributed by atoms with Gasteiger partial charge in [0.15, 0.2) is 6.61 Å². The molecule has 0 aliphatic carbocycles. The Balaban J connectivity index is 1.54. The number of carbonyl (C=O) groups is 2. The molecule has 0 radical (unpaired) electrons. The van der Waals surface area contributed by atoms with E-state index in [0.29, 0.717) is 38.2 Å². The molecule has 1 fully saturated rings. The molecule has 10 heteroatoms. The Morgan fingerprint density at radius 1 is 1.16 bits per heavy atom. The van der Waals surface area contributed by atoms with Crippen LogP contribution in [-0.2, 0) is 22.2 Å². The van der Waals surface area contributed by atoms with E-state index in [1.807, 2.05) is 0 Å². The van der Waals surface area contributed by atoms with Crippen LogP contribution < -0.4 is 15.0 Å². The molecule has 2 amide bonds. The van der Waals surface area contributed by atoms with Crippen molar-refractivity contribution >= 4 is 51.9 Å². The number of nitrogens with one attached hydrogen (secondary N) is 1. The largest absolute Gasteiger partial charge is 0.482 e. The summed E-state index contributed by atoms with van der Waals surface area (Å²) in [6.07, 6.45) is -2.34. The van der Waals surface area contributed by atoms with E-state index in [1.54, 1.807) is 29.2 Å². The van der Waals surface area contributed by atoms with E-state index in [4.69, 9.17) is 17.0 Å². The maximum absolute atomic E-state index is 12.7. The number of nitrogens with zero attached hydrogens (tertiary/aromatic N) is 1. The first-order valence-electron chi connectivity index (χ1n) is 9.19. The highest BCUT2D eigenvalue weighted by molar-refractivity contribution is 8.26. The summed E-state index contributed by atoms with van der Waals surface area (Å²) in [6.45, 7) is 0.160. The van der Waals surface area contributed by atoms with Gasteiger partial charge in [-0.25, -0.2) is 0 Å². The molecule has 160 valence electrons. The molecule has 31 heavy (non-hydrogen) atoms. The Morgan fingerprint density at radius 2 is 1.90 bits per heavy atom. The fourth-order valence-electron chi connectivity index (χ4n) is 3.23. The van der Waals surface area contributed by atoms with E-state index in [9.17, 15) is 22.8 Å². The predicted octanol–water partition coefficient (Wildman–Crippen LogP) is 4.16. The number of ether oxygens (including phenoxy) is 1. The van der Waals surface area contributed by atoms with E-state index in [2.05, 4.69) is 5.32 Å². The fraction of sp³-hybridized carbons (Fsp3) is 0.190. The van der Waals surface area contributed by atoms with Gasteiger partial charge in [-0.1, -0.05) is 42.2 Å². The summed E-state index contributed by atoms with van der Waals surface area (Å²) in [6, 6.07) is 10.1. The number of thiocarbonyl (C=S) groups is 1. The monoisotopic (exact) mass is 464 g/mol. The number of amides is 2. The summed E-state index contributed by atoms with van der Waals surface area (Å²) >= 11 is 6.14. The predicted molar refractivity (Wildman–Crippen MR) is 116 cm³/mol. The molecule has 0 atom stereocenters. The van der Waals surface area contributed by atoms with Gasteiger partial charge in [-0.2, -0.15) is 13.2 Å². The lowest BCUT2D eigenvalue weighted by Gasteiger charge is -2.29. The van der Waals surface area contributed by atoms with Gasteiger partial charge in [-0.15, -0.1) is 0 Å². The van der Waals surface area contributed by atoms with Crippen molar-refractivity contribution < 1.29 is 27.5 Å². The van der Waals surface area contributed by atoms with E-state index in [0.717, 1.165) is 23.9 Å². The van der Waals surface area contributed by atoms with Crippen LogP contribution in [0.4, 0.5) is 18.9 Å². The lowest BCUT2D eigenvalue weighted by atomic mass is 10.1. The molecule has 0 saturated carbocycles. The summed E-state index contributed by atoms with van der Waals surface area (Å²) in [5.74, 6) is -0.00852. The van der Waals surface area contributed by atoms with E-state index < -0.39 is 11.7 Å². The van der Waals surface area contributed by atoms with Gasteiger partial charge in [-0.05, 0) is 47.9 Å². The minimum atomic E-state index is -4.39. The molecule has 2 aromatic carbocycles. The van der Waals surface area contributed by atoms with Crippen molar-refractivity contribution in [2.75, 3.05) is 18.1 Å². The van der Waals surface area contributed by atoms with E-state index in [1.165, 1.54) is 12.1 Å². The molecule has 0 unspecified atom stereocenters. The van der Waals surface area contributed by atoms with Gasteiger partial charge < -0.3 is 15.0 Å².